The van der Waals surface area contributed by atoms with Crippen LogP contribution in [0.15, 0.2) is 89.8 Å². The van der Waals surface area contributed by atoms with Crippen molar-refractivity contribution < 1.29 is 13.5 Å². The van der Waals surface area contributed by atoms with Gasteiger partial charge in [0.1, 0.15) is 0 Å². The topological polar surface area (TPSA) is 60.9 Å². The van der Waals surface area contributed by atoms with E-state index in [1.807, 2.05) is 24.3 Å². The molecule has 0 radical (unpaired) electrons. The van der Waals surface area contributed by atoms with Crippen LogP contribution in [-0.2, 0) is 16.4 Å². The fourth-order valence-corrected chi connectivity index (χ4v) is 7.89. The summed E-state index contributed by atoms with van der Waals surface area (Å²) < 4.78 is 28.6. The fourth-order valence-electron chi connectivity index (χ4n) is 6.07. The van der Waals surface area contributed by atoms with E-state index >= 15 is 0 Å². The molecule has 2 heterocycles. The average Bonchev–Trinajstić information content (AvgIpc) is 3.36. The van der Waals surface area contributed by atoms with Gasteiger partial charge in [0.25, 0.3) is 0 Å². The summed E-state index contributed by atoms with van der Waals surface area (Å²) in [5.41, 5.74) is 1.89. The van der Waals surface area contributed by atoms with E-state index < -0.39 is 15.6 Å². The molecule has 2 atom stereocenters. The molecule has 3 aromatic rings. The molecule has 5 nitrogen and oxygen atoms in total. The summed E-state index contributed by atoms with van der Waals surface area (Å²) in [6, 6.07) is 27.2. The van der Waals surface area contributed by atoms with Gasteiger partial charge in [0, 0.05) is 43.7 Å². The SMILES string of the molecule is O=S(=O)(c1cccc(Cl)c1)N1C[C@H](CN2CCC(O)(CCCc3ccccc3)CC2)[C@@H](c2ccccc2)C1. The number of aliphatic hydroxyl groups is 1. The van der Waals surface area contributed by atoms with Gasteiger partial charge in [-0.15, -0.1) is 0 Å². The summed E-state index contributed by atoms with van der Waals surface area (Å²) in [6.45, 7) is 3.43. The van der Waals surface area contributed by atoms with Crippen LogP contribution in [0.2, 0.25) is 5.02 Å². The van der Waals surface area contributed by atoms with E-state index in [0.29, 0.717) is 18.1 Å². The molecule has 0 aliphatic carbocycles. The zero-order valence-corrected chi connectivity index (χ0v) is 23.3. The van der Waals surface area contributed by atoms with Gasteiger partial charge in [-0.05, 0) is 67.3 Å². The highest BCUT2D eigenvalue weighted by atomic mass is 35.5. The molecule has 2 aliphatic rings. The quantitative estimate of drug-likeness (QED) is 0.376. The number of piperidine rings is 1. The maximum Gasteiger partial charge on any atom is 0.243 e. The lowest BCUT2D eigenvalue weighted by Gasteiger charge is -2.39. The van der Waals surface area contributed by atoms with Gasteiger partial charge in [-0.25, -0.2) is 8.42 Å². The molecule has 7 heteroatoms. The first-order chi connectivity index (χ1) is 18.3. The van der Waals surface area contributed by atoms with Crippen LogP contribution in [-0.4, -0.2) is 61.1 Å². The molecule has 0 bridgehead atoms. The molecule has 2 aliphatic heterocycles. The maximum atomic E-state index is 13.5. The van der Waals surface area contributed by atoms with Crippen molar-refractivity contribution in [3.8, 4) is 0 Å². The van der Waals surface area contributed by atoms with Crippen molar-refractivity contribution in [2.24, 2.45) is 5.92 Å². The summed E-state index contributed by atoms with van der Waals surface area (Å²) in [7, 11) is -3.64. The molecule has 38 heavy (non-hydrogen) atoms. The third-order valence-electron chi connectivity index (χ3n) is 8.30. The lowest BCUT2D eigenvalue weighted by molar-refractivity contribution is -0.0315. The summed E-state index contributed by atoms with van der Waals surface area (Å²) in [4.78, 5) is 2.66. The van der Waals surface area contributed by atoms with Crippen molar-refractivity contribution in [2.75, 3.05) is 32.7 Å². The van der Waals surface area contributed by atoms with E-state index in [-0.39, 0.29) is 16.7 Å². The Labute approximate surface area is 232 Å². The molecule has 0 amide bonds. The molecule has 1 N–H and O–H groups in total. The number of hydrogen-bond acceptors (Lipinski definition) is 4. The summed E-state index contributed by atoms with van der Waals surface area (Å²) in [6.07, 6.45) is 4.31. The first kappa shape index (κ1) is 27.4. The van der Waals surface area contributed by atoms with Gasteiger partial charge < -0.3 is 10.0 Å². The minimum Gasteiger partial charge on any atom is -0.390 e. The third-order valence-corrected chi connectivity index (χ3v) is 10.4. The Kier molecular flexibility index (Phi) is 8.56. The van der Waals surface area contributed by atoms with E-state index in [1.165, 1.54) is 17.2 Å². The van der Waals surface area contributed by atoms with Gasteiger partial charge in [0.2, 0.25) is 10.0 Å². The minimum absolute atomic E-state index is 0.122. The molecular formula is C31H37ClN2O3S. The van der Waals surface area contributed by atoms with Crippen LogP contribution in [0, 0.1) is 5.92 Å². The van der Waals surface area contributed by atoms with Crippen molar-refractivity contribution in [1.82, 2.24) is 9.21 Å². The standard InChI is InChI=1S/C31H37ClN2O3S/c32-28-14-7-15-29(21-28)38(36,37)34-23-27(30(24-34)26-12-5-2-6-13-26)22-33-19-17-31(35,18-20-33)16-8-11-25-9-3-1-4-10-25/h1-7,9-10,12-15,21,27,30,35H,8,11,16-20,22-24H2/t27-,30+/m0/s1. The molecule has 0 spiro atoms. The van der Waals surface area contributed by atoms with Crippen LogP contribution in [0.3, 0.4) is 0 Å². The second-order valence-corrected chi connectivity index (χ2v) is 13.3. The van der Waals surface area contributed by atoms with Gasteiger partial charge in [-0.1, -0.05) is 78.3 Å². The predicted octanol–water partition coefficient (Wildman–Crippen LogP) is 5.59. The largest absolute Gasteiger partial charge is 0.390 e. The van der Waals surface area contributed by atoms with Gasteiger partial charge >= 0.3 is 0 Å². The number of hydrogen-bond donors (Lipinski definition) is 1. The van der Waals surface area contributed by atoms with Crippen LogP contribution < -0.4 is 0 Å². The highest BCUT2D eigenvalue weighted by molar-refractivity contribution is 7.89. The highest BCUT2D eigenvalue weighted by Gasteiger charge is 2.41. The number of rotatable bonds is 9. The lowest BCUT2D eigenvalue weighted by atomic mass is 9.84. The van der Waals surface area contributed by atoms with Crippen LogP contribution in [0.5, 0.6) is 0 Å². The van der Waals surface area contributed by atoms with Crippen LogP contribution >= 0.6 is 11.6 Å². The first-order valence-corrected chi connectivity index (χ1v) is 15.4. The lowest BCUT2D eigenvalue weighted by Crippen LogP contribution is -2.46. The van der Waals surface area contributed by atoms with E-state index in [2.05, 4.69) is 41.3 Å². The van der Waals surface area contributed by atoms with Crippen molar-refractivity contribution in [3.63, 3.8) is 0 Å². The van der Waals surface area contributed by atoms with E-state index in [0.717, 1.165) is 51.7 Å². The van der Waals surface area contributed by atoms with Gasteiger partial charge in [-0.2, -0.15) is 4.31 Å². The van der Waals surface area contributed by atoms with E-state index in [4.69, 9.17) is 11.6 Å². The minimum atomic E-state index is -3.64. The zero-order chi connectivity index (χ0) is 26.6. The van der Waals surface area contributed by atoms with Crippen molar-refractivity contribution >= 4 is 21.6 Å². The Hall–Kier alpha value is -2.22. The molecule has 5 rings (SSSR count). The third kappa shape index (κ3) is 6.49. The second-order valence-electron chi connectivity index (χ2n) is 10.9. The van der Waals surface area contributed by atoms with Crippen molar-refractivity contribution in [2.45, 2.75) is 48.5 Å². The van der Waals surface area contributed by atoms with Crippen LogP contribution in [0.25, 0.3) is 0 Å². The fraction of sp³-hybridized carbons (Fsp3) is 0.419. The number of aryl methyl sites for hydroxylation is 1. The molecule has 0 aromatic heterocycles. The normalized spacial score (nSPS) is 22.5. The average molecular weight is 553 g/mol. The first-order valence-electron chi connectivity index (χ1n) is 13.6. The van der Waals surface area contributed by atoms with E-state index in [1.54, 1.807) is 22.5 Å². The number of sulfonamides is 1. The number of halogens is 1. The van der Waals surface area contributed by atoms with Crippen LogP contribution in [0.1, 0.15) is 42.7 Å². The molecule has 3 aromatic carbocycles. The molecule has 2 fully saturated rings. The van der Waals surface area contributed by atoms with Crippen LogP contribution in [0.4, 0.5) is 0 Å². The molecule has 0 unspecified atom stereocenters. The zero-order valence-electron chi connectivity index (χ0n) is 21.8. The number of likely N-dealkylation sites (tertiary alicyclic amines) is 1. The van der Waals surface area contributed by atoms with Gasteiger partial charge in [0.15, 0.2) is 0 Å². The predicted molar refractivity (Wildman–Crippen MR) is 153 cm³/mol. The van der Waals surface area contributed by atoms with E-state index in [9.17, 15) is 13.5 Å². The molecule has 0 saturated carbocycles. The highest BCUT2D eigenvalue weighted by Crippen LogP contribution is 2.37. The Morgan fingerprint density at radius 3 is 2.26 bits per heavy atom. The number of nitrogens with zero attached hydrogens (tertiary/aromatic N) is 2. The summed E-state index contributed by atoms with van der Waals surface area (Å²) >= 11 is 6.12. The second kappa shape index (κ2) is 11.9. The van der Waals surface area contributed by atoms with Crippen molar-refractivity contribution in [3.05, 3.63) is 101 Å². The summed E-state index contributed by atoms with van der Waals surface area (Å²) in [5.74, 6) is 0.299. The van der Waals surface area contributed by atoms with Crippen molar-refractivity contribution in [1.29, 1.82) is 0 Å². The Balaban J connectivity index is 1.22. The molecular weight excluding hydrogens is 516 g/mol. The Bertz CT molecular complexity index is 1290. The summed E-state index contributed by atoms with van der Waals surface area (Å²) in [5, 5.41) is 11.7. The smallest absolute Gasteiger partial charge is 0.243 e. The maximum absolute atomic E-state index is 13.5. The monoisotopic (exact) mass is 552 g/mol. The Morgan fingerprint density at radius 2 is 1.58 bits per heavy atom. The Morgan fingerprint density at radius 1 is 0.895 bits per heavy atom. The molecule has 202 valence electrons. The molecule has 2 saturated heterocycles. The number of benzene rings is 3. The van der Waals surface area contributed by atoms with Gasteiger partial charge in [-0.3, -0.25) is 0 Å². The van der Waals surface area contributed by atoms with Gasteiger partial charge in [0.05, 0.1) is 10.5 Å².